The molecule has 192 valence electrons. The maximum atomic E-state index is 13.2. The third-order valence-corrected chi connectivity index (χ3v) is 6.76. The minimum atomic E-state index is -0.402. The van der Waals surface area contributed by atoms with Gasteiger partial charge in [0.1, 0.15) is 0 Å². The Morgan fingerprint density at radius 2 is 1.92 bits per heavy atom. The van der Waals surface area contributed by atoms with Crippen LogP contribution in [-0.2, 0) is 9.53 Å². The highest BCUT2D eigenvalue weighted by Crippen LogP contribution is 2.40. The molecule has 0 N–H and O–H groups in total. The number of hydrogen-bond donors (Lipinski definition) is 0. The van der Waals surface area contributed by atoms with Crippen LogP contribution >= 0.6 is 27.7 Å². The van der Waals surface area contributed by atoms with Crippen molar-refractivity contribution in [2.24, 2.45) is 4.99 Å². The fraction of sp³-hybridized carbons (Fsp3) is 0.370. The molecule has 1 fully saturated rings. The summed E-state index contributed by atoms with van der Waals surface area (Å²) in [5, 5.41) is 0.554. The van der Waals surface area contributed by atoms with Crippen molar-refractivity contribution >= 4 is 56.5 Å². The van der Waals surface area contributed by atoms with E-state index in [1.165, 1.54) is 11.8 Å². The Morgan fingerprint density at radius 1 is 1.11 bits per heavy atom. The van der Waals surface area contributed by atoms with Gasteiger partial charge in [0.15, 0.2) is 16.7 Å². The molecule has 0 radical (unpaired) electrons. The molecule has 0 saturated carbocycles. The third-order valence-electron chi connectivity index (χ3n) is 5.16. The molecular weight excluding hydrogens is 544 g/mol. The standard InChI is InChI=1S/C27H31BrN2O5S/c1-5-9-13-35-24-21(28)14-18(15-22(24)33-7-3)16-23-25(31)30(6-2)27(36-23)29-20-12-10-11-19(17-20)26(32)34-8-4/h10-12,14-17H,5-9,13H2,1-4H3. The van der Waals surface area contributed by atoms with E-state index in [0.717, 1.165) is 22.9 Å². The summed E-state index contributed by atoms with van der Waals surface area (Å²) >= 11 is 4.89. The van der Waals surface area contributed by atoms with Gasteiger partial charge in [-0.05, 0) is 96.9 Å². The van der Waals surface area contributed by atoms with Crippen LogP contribution in [0, 0.1) is 0 Å². The molecule has 2 aromatic rings. The van der Waals surface area contributed by atoms with Crippen LogP contribution in [0.2, 0.25) is 0 Å². The molecule has 3 rings (SSSR count). The van der Waals surface area contributed by atoms with Gasteiger partial charge in [-0.3, -0.25) is 9.69 Å². The number of halogens is 1. The monoisotopic (exact) mass is 574 g/mol. The van der Waals surface area contributed by atoms with Crippen molar-refractivity contribution in [3.8, 4) is 11.5 Å². The molecule has 7 nitrogen and oxygen atoms in total. The van der Waals surface area contributed by atoms with Gasteiger partial charge in [0.2, 0.25) is 0 Å². The molecule has 0 aliphatic carbocycles. The van der Waals surface area contributed by atoms with Gasteiger partial charge in [-0.15, -0.1) is 0 Å². The van der Waals surface area contributed by atoms with Gasteiger partial charge in [-0.1, -0.05) is 19.4 Å². The number of thioether (sulfide) groups is 1. The van der Waals surface area contributed by atoms with Gasteiger partial charge >= 0.3 is 5.97 Å². The highest BCUT2D eigenvalue weighted by Gasteiger charge is 2.32. The van der Waals surface area contributed by atoms with Crippen molar-refractivity contribution in [1.29, 1.82) is 0 Å². The number of carbonyl (C=O) groups excluding carboxylic acids is 2. The summed E-state index contributed by atoms with van der Waals surface area (Å²) in [5.41, 5.74) is 1.80. The van der Waals surface area contributed by atoms with E-state index in [4.69, 9.17) is 14.2 Å². The summed E-state index contributed by atoms with van der Waals surface area (Å²) in [5.74, 6) is 0.764. The number of nitrogens with zero attached hydrogens (tertiary/aromatic N) is 2. The third kappa shape index (κ3) is 6.91. The number of likely N-dealkylation sites (N-methyl/N-ethyl adjacent to an activating group) is 1. The number of esters is 1. The summed E-state index contributed by atoms with van der Waals surface area (Å²) in [6.45, 7) is 9.56. The number of aliphatic imine (C=N–C) groups is 1. The first kappa shape index (κ1) is 27.8. The van der Waals surface area contributed by atoms with Crippen LogP contribution in [-0.4, -0.2) is 48.3 Å². The molecule has 0 spiro atoms. The molecule has 1 aliphatic heterocycles. The Balaban J connectivity index is 1.91. The van der Waals surface area contributed by atoms with E-state index in [1.54, 1.807) is 36.1 Å². The zero-order valence-corrected chi connectivity index (χ0v) is 23.4. The van der Waals surface area contributed by atoms with E-state index in [9.17, 15) is 9.59 Å². The Hall–Kier alpha value is -2.78. The lowest BCUT2D eigenvalue weighted by Crippen LogP contribution is -2.28. The average Bonchev–Trinajstić information content (AvgIpc) is 3.14. The molecule has 0 bridgehead atoms. The van der Waals surface area contributed by atoms with Gasteiger partial charge in [-0.2, -0.15) is 0 Å². The van der Waals surface area contributed by atoms with Crippen LogP contribution in [0.1, 0.15) is 56.5 Å². The first-order valence-electron chi connectivity index (χ1n) is 12.1. The molecule has 1 amide bonds. The average molecular weight is 576 g/mol. The number of unbranched alkanes of at least 4 members (excludes halogenated alkanes) is 1. The number of ether oxygens (including phenoxy) is 3. The Labute approximate surface area is 225 Å². The minimum absolute atomic E-state index is 0.125. The quantitative estimate of drug-likeness (QED) is 0.166. The van der Waals surface area contributed by atoms with Gasteiger partial charge < -0.3 is 14.2 Å². The van der Waals surface area contributed by atoms with E-state index in [1.807, 2.05) is 32.1 Å². The molecule has 0 unspecified atom stereocenters. The van der Waals surface area contributed by atoms with Crippen LogP contribution in [0.15, 0.2) is 50.8 Å². The SMILES string of the molecule is CCCCOc1c(Br)cc(C=C2SC(=Nc3cccc(C(=O)OCC)c3)N(CC)C2=O)cc1OCC. The second-order valence-corrected chi connectivity index (χ2v) is 9.65. The Kier molecular flexibility index (Phi) is 10.4. The first-order valence-corrected chi connectivity index (χ1v) is 13.7. The zero-order valence-electron chi connectivity index (χ0n) is 21.0. The van der Waals surface area contributed by atoms with Crippen LogP contribution in [0.25, 0.3) is 6.08 Å². The summed E-state index contributed by atoms with van der Waals surface area (Å²) < 4.78 is 17.6. The predicted octanol–water partition coefficient (Wildman–Crippen LogP) is 6.83. The summed E-state index contributed by atoms with van der Waals surface area (Å²) in [6.07, 6.45) is 3.82. The minimum Gasteiger partial charge on any atom is -0.490 e. The van der Waals surface area contributed by atoms with Crippen molar-refractivity contribution in [3.63, 3.8) is 0 Å². The van der Waals surface area contributed by atoms with Crippen LogP contribution in [0.5, 0.6) is 11.5 Å². The van der Waals surface area contributed by atoms with E-state index in [2.05, 4.69) is 27.8 Å². The fourth-order valence-corrected chi connectivity index (χ4v) is 5.08. The highest BCUT2D eigenvalue weighted by atomic mass is 79.9. The van der Waals surface area contributed by atoms with Crippen molar-refractivity contribution < 1.29 is 23.8 Å². The smallest absolute Gasteiger partial charge is 0.338 e. The van der Waals surface area contributed by atoms with Crippen LogP contribution < -0.4 is 9.47 Å². The number of rotatable bonds is 11. The number of hydrogen-bond acceptors (Lipinski definition) is 7. The number of amidine groups is 1. The summed E-state index contributed by atoms with van der Waals surface area (Å²) in [7, 11) is 0. The number of carbonyl (C=O) groups is 2. The predicted molar refractivity (Wildman–Crippen MR) is 148 cm³/mol. The van der Waals surface area contributed by atoms with Crippen molar-refractivity contribution in [2.45, 2.75) is 40.5 Å². The highest BCUT2D eigenvalue weighted by molar-refractivity contribution is 9.10. The molecule has 1 heterocycles. The Morgan fingerprint density at radius 3 is 2.61 bits per heavy atom. The lowest BCUT2D eigenvalue weighted by atomic mass is 10.1. The van der Waals surface area contributed by atoms with Crippen molar-refractivity contribution in [3.05, 3.63) is 56.9 Å². The van der Waals surface area contributed by atoms with Crippen molar-refractivity contribution in [1.82, 2.24) is 4.90 Å². The van der Waals surface area contributed by atoms with E-state index in [-0.39, 0.29) is 5.91 Å². The maximum absolute atomic E-state index is 13.2. The topological polar surface area (TPSA) is 77.4 Å². The van der Waals surface area contributed by atoms with Crippen molar-refractivity contribution in [2.75, 3.05) is 26.4 Å². The van der Waals surface area contributed by atoms with Gasteiger partial charge in [-0.25, -0.2) is 9.79 Å². The van der Waals surface area contributed by atoms with E-state index < -0.39 is 5.97 Å². The number of benzene rings is 2. The van der Waals surface area contributed by atoms with Gasteiger partial charge in [0.25, 0.3) is 5.91 Å². The molecule has 9 heteroatoms. The van der Waals surface area contributed by atoms with E-state index in [0.29, 0.717) is 59.2 Å². The lowest BCUT2D eigenvalue weighted by molar-refractivity contribution is -0.122. The van der Waals surface area contributed by atoms with Crippen LogP contribution in [0.3, 0.4) is 0 Å². The van der Waals surface area contributed by atoms with E-state index >= 15 is 0 Å². The fourth-order valence-electron chi connectivity index (χ4n) is 3.44. The molecule has 2 aromatic carbocycles. The second-order valence-electron chi connectivity index (χ2n) is 7.79. The molecule has 0 atom stereocenters. The van der Waals surface area contributed by atoms with Gasteiger partial charge in [0, 0.05) is 6.54 Å². The second kappa shape index (κ2) is 13.5. The summed E-state index contributed by atoms with van der Waals surface area (Å²) in [6, 6.07) is 10.7. The zero-order chi connectivity index (χ0) is 26.1. The largest absolute Gasteiger partial charge is 0.490 e. The number of amides is 1. The van der Waals surface area contributed by atoms with Gasteiger partial charge in [0.05, 0.1) is 40.4 Å². The summed E-state index contributed by atoms with van der Waals surface area (Å²) in [4.78, 5) is 32.1. The molecule has 0 aromatic heterocycles. The Bertz CT molecular complexity index is 1160. The first-order chi connectivity index (χ1) is 17.4. The molecule has 1 aliphatic rings. The molecular formula is C27H31BrN2O5S. The normalized spacial score (nSPS) is 15.6. The molecule has 1 saturated heterocycles. The maximum Gasteiger partial charge on any atom is 0.338 e. The lowest BCUT2D eigenvalue weighted by Gasteiger charge is -2.14. The van der Waals surface area contributed by atoms with Crippen LogP contribution in [0.4, 0.5) is 5.69 Å². The molecule has 36 heavy (non-hydrogen) atoms.